The molecule has 0 amide bonds. The van der Waals surface area contributed by atoms with Gasteiger partial charge in [-0.2, -0.15) is 5.10 Å². The van der Waals surface area contributed by atoms with Gasteiger partial charge in [0.25, 0.3) is 0 Å². The van der Waals surface area contributed by atoms with Crippen LogP contribution in [0, 0.1) is 0 Å². The smallest absolute Gasteiger partial charge is 0.162 e. The van der Waals surface area contributed by atoms with Gasteiger partial charge in [0.15, 0.2) is 5.75 Å². The first-order valence-corrected chi connectivity index (χ1v) is 7.60. The van der Waals surface area contributed by atoms with E-state index in [1.54, 1.807) is 24.6 Å². The summed E-state index contributed by atoms with van der Waals surface area (Å²) in [7, 11) is 1.66. The average molecular weight is 294 g/mol. The maximum atomic E-state index is 5.80. The van der Waals surface area contributed by atoms with Gasteiger partial charge in [0, 0.05) is 15.8 Å². The Hall–Kier alpha value is -1.37. The van der Waals surface area contributed by atoms with Crippen LogP contribution in [-0.2, 0) is 6.42 Å². The second-order valence-electron chi connectivity index (χ2n) is 4.89. The van der Waals surface area contributed by atoms with Crippen LogP contribution in [0.5, 0.6) is 5.75 Å². The van der Waals surface area contributed by atoms with Crippen molar-refractivity contribution in [1.82, 2.24) is 15.2 Å². The second kappa shape index (κ2) is 6.39. The molecule has 0 aliphatic heterocycles. The van der Waals surface area contributed by atoms with Crippen LogP contribution in [-0.4, -0.2) is 16.9 Å². The van der Waals surface area contributed by atoms with E-state index in [0.29, 0.717) is 0 Å². The van der Waals surface area contributed by atoms with Crippen LogP contribution in [0.1, 0.15) is 48.3 Å². The van der Waals surface area contributed by atoms with Crippen molar-refractivity contribution in [3.8, 4) is 5.75 Å². The minimum absolute atomic E-state index is 0.111. The number of hydrogen-bond donors (Lipinski definition) is 2. The number of nitrogens with two attached hydrogens (primary N) is 1. The number of thiophene rings is 1. The Balaban J connectivity index is 2.47. The van der Waals surface area contributed by atoms with Crippen LogP contribution in [0.3, 0.4) is 0 Å². The van der Waals surface area contributed by atoms with E-state index < -0.39 is 0 Å². The van der Waals surface area contributed by atoms with E-state index in [-0.39, 0.29) is 12.1 Å². The molecule has 3 N–H and O–H groups in total. The molecule has 0 aromatic carbocycles. The third-order valence-electron chi connectivity index (χ3n) is 3.26. The van der Waals surface area contributed by atoms with Crippen molar-refractivity contribution in [2.45, 2.75) is 39.3 Å². The lowest BCUT2D eigenvalue weighted by Gasteiger charge is -2.19. The molecule has 2 aromatic heterocycles. The van der Waals surface area contributed by atoms with Gasteiger partial charge in [-0.3, -0.25) is 10.5 Å². The molecule has 2 rings (SSSR count). The molecule has 0 spiro atoms. The largest absolute Gasteiger partial charge is 0.493 e. The zero-order valence-electron chi connectivity index (χ0n) is 12.4. The summed E-state index contributed by atoms with van der Waals surface area (Å²) in [5, 5.41) is 4.41. The first kappa shape index (κ1) is 15.0. The summed E-state index contributed by atoms with van der Waals surface area (Å²) in [6, 6.07) is 4.40. The molecule has 0 aliphatic rings. The fourth-order valence-electron chi connectivity index (χ4n) is 2.23. The highest BCUT2D eigenvalue weighted by molar-refractivity contribution is 7.12. The molecular formula is C14H22N4OS. The van der Waals surface area contributed by atoms with Gasteiger partial charge in [0.1, 0.15) is 11.7 Å². The molecule has 110 valence electrons. The van der Waals surface area contributed by atoms with Crippen molar-refractivity contribution in [3.05, 3.63) is 33.8 Å². The molecule has 0 radical (unpaired) electrons. The minimum atomic E-state index is -0.111. The SMILES string of the molecule is CCc1ccc(C(NN)c2c(OC)cnn2C(C)C)s1. The molecule has 6 heteroatoms. The number of hydrogen-bond acceptors (Lipinski definition) is 5. The Bertz CT molecular complexity index is 561. The van der Waals surface area contributed by atoms with Crippen LogP contribution >= 0.6 is 11.3 Å². The Labute approximate surface area is 123 Å². The van der Waals surface area contributed by atoms with Gasteiger partial charge in [-0.1, -0.05) is 6.92 Å². The van der Waals surface area contributed by atoms with Crippen LogP contribution in [0.2, 0.25) is 0 Å². The monoisotopic (exact) mass is 294 g/mol. The Morgan fingerprint density at radius 3 is 2.70 bits per heavy atom. The van der Waals surface area contributed by atoms with E-state index in [1.807, 2.05) is 4.68 Å². The minimum Gasteiger partial charge on any atom is -0.493 e. The third-order valence-corrected chi connectivity index (χ3v) is 4.56. The molecule has 20 heavy (non-hydrogen) atoms. The highest BCUT2D eigenvalue weighted by Crippen LogP contribution is 2.34. The molecule has 0 fully saturated rings. The molecule has 0 saturated heterocycles. The molecule has 1 atom stereocenters. The van der Waals surface area contributed by atoms with Gasteiger partial charge in [0.2, 0.25) is 0 Å². The fourth-order valence-corrected chi connectivity index (χ4v) is 3.25. The lowest BCUT2D eigenvalue weighted by atomic mass is 10.1. The molecule has 2 heterocycles. The van der Waals surface area contributed by atoms with Gasteiger partial charge in [-0.05, 0) is 32.4 Å². The zero-order valence-corrected chi connectivity index (χ0v) is 13.2. The lowest BCUT2D eigenvalue weighted by molar-refractivity contribution is 0.395. The molecule has 5 nitrogen and oxygen atoms in total. The number of hydrazine groups is 1. The van der Waals surface area contributed by atoms with Crippen LogP contribution in [0.25, 0.3) is 0 Å². The number of methoxy groups -OCH3 is 1. The lowest BCUT2D eigenvalue weighted by Crippen LogP contribution is -2.30. The van der Waals surface area contributed by atoms with Gasteiger partial charge >= 0.3 is 0 Å². The van der Waals surface area contributed by atoms with Crippen LogP contribution < -0.4 is 16.0 Å². The average Bonchev–Trinajstić information content (AvgIpc) is 3.06. The molecule has 1 unspecified atom stereocenters. The first-order valence-electron chi connectivity index (χ1n) is 6.78. The van der Waals surface area contributed by atoms with E-state index in [4.69, 9.17) is 10.6 Å². The van der Waals surface area contributed by atoms with Crippen molar-refractivity contribution in [3.63, 3.8) is 0 Å². The van der Waals surface area contributed by atoms with Gasteiger partial charge in [-0.25, -0.2) is 5.43 Å². The van der Waals surface area contributed by atoms with E-state index >= 15 is 0 Å². The van der Waals surface area contributed by atoms with Crippen LogP contribution in [0.4, 0.5) is 0 Å². The normalized spacial score (nSPS) is 12.9. The number of ether oxygens (including phenoxy) is 1. The van der Waals surface area contributed by atoms with Gasteiger partial charge in [0.05, 0.1) is 13.3 Å². The molecule has 2 aromatic rings. The number of nitrogens with zero attached hydrogens (tertiary/aromatic N) is 2. The fraction of sp³-hybridized carbons (Fsp3) is 0.500. The number of aryl methyl sites for hydroxylation is 1. The summed E-state index contributed by atoms with van der Waals surface area (Å²) in [6.45, 7) is 6.34. The van der Waals surface area contributed by atoms with Crippen molar-refractivity contribution in [2.24, 2.45) is 5.84 Å². The maximum absolute atomic E-state index is 5.80. The standard InChI is InChI=1S/C14H22N4OS/c1-5-10-6-7-12(20-10)13(17-15)14-11(19-4)8-16-18(14)9(2)3/h6-9,13,17H,5,15H2,1-4H3. The summed E-state index contributed by atoms with van der Waals surface area (Å²) in [4.78, 5) is 2.51. The van der Waals surface area contributed by atoms with E-state index in [2.05, 4.69) is 43.4 Å². The van der Waals surface area contributed by atoms with Crippen molar-refractivity contribution < 1.29 is 4.74 Å². The summed E-state index contributed by atoms with van der Waals surface area (Å²) in [5.74, 6) is 6.56. The Morgan fingerprint density at radius 2 is 2.20 bits per heavy atom. The van der Waals surface area contributed by atoms with E-state index in [0.717, 1.165) is 17.9 Å². The second-order valence-corrected chi connectivity index (χ2v) is 6.09. The van der Waals surface area contributed by atoms with Crippen molar-refractivity contribution in [1.29, 1.82) is 0 Å². The van der Waals surface area contributed by atoms with E-state index in [1.165, 1.54) is 9.75 Å². The van der Waals surface area contributed by atoms with Gasteiger partial charge < -0.3 is 4.74 Å². The quantitative estimate of drug-likeness (QED) is 0.635. The summed E-state index contributed by atoms with van der Waals surface area (Å²) in [5.41, 5.74) is 3.86. The first-order chi connectivity index (χ1) is 9.62. The van der Waals surface area contributed by atoms with Gasteiger partial charge in [-0.15, -0.1) is 11.3 Å². The predicted molar refractivity (Wildman–Crippen MR) is 82.0 cm³/mol. The highest BCUT2D eigenvalue weighted by Gasteiger charge is 2.25. The maximum Gasteiger partial charge on any atom is 0.162 e. The molecule has 0 aliphatic carbocycles. The predicted octanol–water partition coefficient (Wildman–Crippen LogP) is 2.65. The summed E-state index contributed by atoms with van der Waals surface area (Å²) >= 11 is 1.76. The molecule has 0 bridgehead atoms. The van der Waals surface area contributed by atoms with Crippen LogP contribution in [0.15, 0.2) is 18.3 Å². The number of rotatable bonds is 6. The Morgan fingerprint density at radius 1 is 1.45 bits per heavy atom. The molecular weight excluding hydrogens is 272 g/mol. The summed E-state index contributed by atoms with van der Waals surface area (Å²) < 4.78 is 7.39. The van der Waals surface area contributed by atoms with E-state index in [9.17, 15) is 0 Å². The number of nitrogens with one attached hydrogen (secondary N) is 1. The third kappa shape index (κ3) is 2.72. The highest BCUT2D eigenvalue weighted by atomic mass is 32.1. The Kier molecular flexibility index (Phi) is 4.80. The molecule has 0 saturated carbocycles. The van der Waals surface area contributed by atoms with Crippen molar-refractivity contribution >= 4 is 11.3 Å². The zero-order chi connectivity index (χ0) is 14.7. The topological polar surface area (TPSA) is 65.1 Å². The summed E-state index contributed by atoms with van der Waals surface area (Å²) in [6.07, 6.45) is 2.77. The van der Waals surface area contributed by atoms with Crippen molar-refractivity contribution in [2.75, 3.05) is 7.11 Å². The number of aromatic nitrogens is 2.